The minimum atomic E-state index is -3.96. The summed E-state index contributed by atoms with van der Waals surface area (Å²) in [5.74, 6) is -1.04. The van der Waals surface area contributed by atoms with Gasteiger partial charge < -0.3 is 5.11 Å². The van der Waals surface area contributed by atoms with E-state index >= 15 is 0 Å². The van der Waals surface area contributed by atoms with Gasteiger partial charge in [0.15, 0.2) is 0 Å². The number of nitrogens with zero attached hydrogens (tertiary/aromatic N) is 1. The predicted molar refractivity (Wildman–Crippen MR) is 67.6 cm³/mol. The fourth-order valence-electron chi connectivity index (χ4n) is 1.70. The van der Waals surface area contributed by atoms with Crippen molar-refractivity contribution in [3.05, 3.63) is 34.4 Å². The van der Waals surface area contributed by atoms with Crippen LogP contribution in [0.2, 0.25) is 0 Å². The zero-order valence-electron chi connectivity index (χ0n) is 10.3. The highest BCUT2D eigenvalue weighted by molar-refractivity contribution is 7.89. The maximum absolute atomic E-state index is 12.0. The van der Waals surface area contributed by atoms with Gasteiger partial charge in [-0.15, -0.1) is 0 Å². The second-order valence-electron chi connectivity index (χ2n) is 4.66. The molecule has 20 heavy (non-hydrogen) atoms. The smallest absolute Gasteiger partial charge is 0.310 e. The predicted octanol–water partition coefficient (Wildman–Crippen LogP) is 0.738. The van der Waals surface area contributed by atoms with Crippen LogP contribution in [0, 0.1) is 15.5 Å². The first-order chi connectivity index (χ1) is 9.27. The van der Waals surface area contributed by atoms with Gasteiger partial charge >= 0.3 is 5.97 Å². The summed E-state index contributed by atoms with van der Waals surface area (Å²) >= 11 is 0. The number of non-ortho nitro benzene ring substituents is 1. The van der Waals surface area contributed by atoms with E-state index in [2.05, 4.69) is 4.72 Å². The molecule has 0 aliphatic heterocycles. The number of rotatable bonds is 6. The minimum Gasteiger partial charge on any atom is -0.481 e. The van der Waals surface area contributed by atoms with Crippen LogP contribution in [0.1, 0.15) is 12.8 Å². The molecule has 1 aromatic carbocycles. The van der Waals surface area contributed by atoms with Gasteiger partial charge in [0.05, 0.1) is 15.2 Å². The summed E-state index contributed by atoms with van der Waals surface area (Å²) in [5, 5.41) is 19.6. The van der Waals surface area contributed by atoms with E-state index in [0.29, 0.717) is 12.8 Å². The van der Waals surface area contributed by atoms with Crippen LogP contribution >= 0.6 is 0 Å². The lowest BCUT2D eigenvalue weighted by Crippen LogP contribution is -2.34. The molecule has 0 spiro atoms. The van der Waals surface area contributed by atoms with Crippen molar-refractivity contribution in [3.63, 3.8) is 0 Å². The topological polar surface area (TPSA) is 127 Å². The number of aliphatic carboxylic acids is 1. The highest BCUT2D eigenvalue weighted by Crippen LogP contribution is 2.45. The second-order valence-corrected chi connectivity index (χ2v) is 6.43. The Morgan fingerprint density at radius 3 is 2.60 bits per heavy atom. The fourth-order valence-corrected chi connectivity index (χ4v) is 2.86. The molecule has 0 unspecified atom stereocenters. The molecular weight excluding hydrogens is 288 g/mol. The van der Waals surface area contributed by atoms with Crippen LogP contribution in [0.25, 0.3) is 0 Å². The average molecular weight is 300 g/mol. The summed E-state index contributed by atoms with van der Waals surface area (Å²) in [6.07, 6.45) is 0.833. The summed E-state index contributed by atoms with van der Waals surface area (Å²) in [4.78, 5) is 20.6. The normalized spacial score (nSPS) is 16.6. The first kappa shape index (κ1) is 14.4. The molecular formula is C11H12N2O6S. The first-order valence-corrected chi connectivity index (χ1v) is 7.23. The molecule has 0 atom stereocenters. The van der Waals surface area contributed by atoms with Crippen molar-refractivity contribution in [2.45, 2.75) is 17.7 Å². The first-order valence-electron chi connectivity index (χ1n) is 5.74. The minimum absolute atomic E-state index is 0.215. The van der Waals surface area contributed by atoms with Crippen molar-refractivity contribution >= 4 is 21.7 Å². The number of nitro groups is 1. The average Bonchev–Trinajstić information content (AvgIpc) is 3.18. The van der Waals surface area contributed by atoms with E-state index < -0.39 is 26.3 Å². The standard InChI is InChI=1S/C11H12N2O6S/c14-10(15)11(4-5-11)7-12-20(18,19)9-3-1-2-8(6-9)13(16)17/h1-3,6,12H,4-5,7H2,(H,14,15). The Labute approximate surface area is 114 Å². The molecule has 0 amide bonds. The molecule has 8 nitrogen and oxygen atoms in total. The summed E-state index contributed by atoms with van der Waals surface area (Å²) in [5.41, 5.74) is -1.37. The third kappa shape index (κ3) is 2.78. The maximum atomic E-state index is 12.0. The molecule has 0 radical (unpaired) electrons. The number of nitrogens with one attached hydrogen (secondary N) is 1. The molecule has 108 valence electrons. The molecule has 1 aliphatic rings. The number of benzene rings is 1. The van der Waals surface area contributed by atoms with Gasteiger partial charge in [-0.1, -0.05) is 6.07 Å². The second kappa shape index (κ2) is 4.84. The maximum Gasteiger partial charge on any atom is 0.310 e. The van der Waals surface area contributed by atoms with E-state index in [4.69, 9.17) is 5.11 Å². The molecule has 2 rings (SSSR count). The van der Waals surface area contributed by atoms with Gasteiger partial charge in [-0.3, -0.25) is 14.9 Å². The number of carboxylic acids is 1. The Kier molecular flexibility index (Phi) is 3.48. The van der Waals surface area contributed by atoms with Crippen molar-refractivity contribution in [1.82, 2.24) is 4.72 Å². The number of carboxylic acid groups (broad SMARTS) is 1. The number of hydrogen-bond donors (Lipinski definition) is 2. The number of nitro benzene ring substituents is 1. The molecule has 1 saturated carbocycles. The van der Waals surface area contributed by atoms with Gasteiger partial charge in [0.25, 0.3) is 5.69 Å². The zero-order valence-corrected chi connectivity index (χ0v) is 11.1. The molecule has 0 bridgehead atoms. The fraction of sp³-hybridized carbons (Fsp3) is 0.364. The van der Waals surface area contributed by atoms with Crippen LogP contribution in [-0.4, -0.2) is 31.0 Å². The summed E-state index contributed by atoms with van der Waals surface area (Å²) < 4.78 is 26.1. The Balaban J connectivity index is 2.17. The quantitative estimate of drug-likeness (QED) is 0.589. The SMILES string of the molecule is O=C(O)C1(CNS(=O)(=O)c2cccc([N+](=O)[O-])c2)CC1. The van der Waals surface area contributed by atoms with Gasteiger partial charge in [0.1, 0.15) is 0 Å². The van der Waals surface area contributed by atoms with Crippen LogP contribution in [0.15, 0.2) is 29.2 Å². The molecule has 1 aliphatic carbocycles. The van der Waals surface area contributed by atoms with E-state index in [1.54, 1.807) is 0 Å². The Morgan fingerprint density at radius 2 is 2.10 bits per heavy atom. The molecule has 0 heterocycles. The molecule has 1 aromatic rings. The van der Waals surface area contributed by atoms with Crippen LogP contribution in [0.4, 0.5) is 5.69 Å². The summed E-state index contributed by atoms with van der Waals surface area (Å²) in [6.45, 7) is -0.215. The molecule has 0 saturated heterocycles. The Morgan fingerprint density at radius 1 is 1.45 bits per heavy atom. The van der Waals surface area contributed by atoms with E-state index in [1.165, 1.54) is 18.2 Å². The lowest BCUT2D eigenvalue weighted by atomic mass is 10.1. The lowest BCUT2D eigenvalue weighted by Gasteiger charge is -2.11. The molecule has 9 heteroatoms. The monoisotopic (exact) mass is 300 g/mol. The number of sulfonamides is 1. The summed E-state index contributed by atoms with van der Waals surface area (Å²) in [7, 11) is -3.96. The van der Waals surface area contributed by atoms with Crippen molar-refractivity contribution in [2.24, 2.45) is 5.41 Å². The Bertz CT molecular complexity index is 665. The molecule has 1 fully saturated rings. The van der Waals surface area contributed by atoms with E-state index in [-0.39, 0.29) is 17.1 Å². The van der Waals surface area contributed by atoms with Crippen LogP contribution in [-0.2, 0) is 14.8 Å². The van der Waals surface area contributed by atoms with Crippen LogP contribution < -0.4 is 4.72 Å². The summed E-state index contributed by atoms with van der Waals surface area (Å²) in [6, 6.07) is 4.59. The van der Waals surface area contributed by atoms with E-state index in [1.807, 2.05) is 0 Å². The highest BCUT2D eigenvalue weighted by Gasteiger charge is 2.50. The number of carbonyl (C=O) groups is 1. The Hall–Kier alpha value is -2.00. The van der Waals surface area contributed by atoms with Crippen molar-refractivity contribution in [1.29, 1.82) is 0 Å². The highest BCUT2D eigenvalue weighted by atomic mass is 32.2. The third-order valence-corrected chi connectivity index (χ3v) is 4.65. The van der Waals surface area contributed by atoms with E-state index in [9.17, 15) is 23.3 Å². The lowest BCUT2D eigenvalue weighted by molar-refractivity contribution is -0.385. The van der Waals surface area contributed by atoms with Gasteiger partial charge in [-0.25, -0.2) is 13.1 Å². The third-order valence-electron chi connectivity index (χ3n) is 3.25. The largest absolute Gasteiger partial charge is 0.481 e. The molecule has 2 N–H and O–H groups in total. The van der Waals surface area contributed by atoms with Crippen LogP contribution in [0.5, 0.6) is 0 Å². The van der Waals surface area contributed by atoms with Gasteiger partial charge in [-0.2, -0.15) is 0 Å². The van der Waals surface area contributed by atoms with Gasteiger partial charge in [0, 0.05) is 18.7 Å². The van der Waals surface area contributed by atoms with Gasteiger partial charge in [-0.05, 0) is 18.9 Å². The molecule has 0 aromatic heterocycles. The van der Waals surface area contributed by atoms with Crippen molar-refractivity contribution < 1.29 is 23.2 Å². The van der Waals surface area contributed by atoms with Gasteiger partial charge in [0.2, 0.25) is 10.0 Å². The van der Waals surface area contributed by atoms with Crippen molar-refractivity contribution in [3.8, 4) is 0 Å². The zero-order chi connectivity index (χ0) is 15.0. The van der Waals surface area contributed by atoms with Crippen molar-refractivity contribution in [2.75, 3.05) is 6.54 Å². The van der Waals surface area contributed by atoms with Crippen LogP contribution in [0.3, 0.4) is 0 Å². The number of hydrogen-bond acceptors (Lipinski definition) is 5. The van der Waals surface area contributed by atoms with E-state index in [0.717, 1.165) is 6.07 Å².